The van der Waals surface area contributed by atoms with Gasteiger partial charge >= 0.3 is 0 Å². The van der Waals surface area contributed by atoms with Crippen LogP contribution in [-0.2, 0) is 18.4 Å². The Morgan fingerprint density at radius 1 is 0.481 bits per heavy atom. The average molecular weight is 668 g/mol. The zero-order chi connectivity index (χ0) is 35.1. The zero-order valence-electron chi connectivity index (χ0n) is 29.7. The van der Waals surface area contributed by atoms with Gasteiger partial charge in [0.15, 0.2) is 0 Å². The van der Waals surface area contributed by atoms with Gasteiger partial charge in [-0.25, -0.2) is 0 Å². The van der Waals surface area contributed by atoms with E-state index in [9.17, 15) is 0 Å². The number of nitrogens with one attached hydrogen (secondary N) is 1. The first kappa shape index (κ1) is 31.8. The zero-order valence-corrected chi connectivity index (χ0v) is 29.7. The second kappa shape index (κ2) is 13.2. The van der Waals surface area contributed by atoms with Crippen molar-refractivity contribution in [2.75, 3.05) is 0 Å². The fourth-order valence-electron chi connectivity index (χ4n) is 8.09. The van der Waals surface area contributed by atoms with Gasteiger partial charge in [0.2, 0.25) is 0 Å². The van der Waals surface area contributed by atoms with Crippen molar-refractivity contribution in [3.63, 3.8) is 0 Å². The summed E-state index contributed by atoms with van der Waals surface area (Å²) in [5.41, 5.74) is 15.4. The number of fused-ring (bicyclic) bond motifs is 5. The summed E-state index contributed by atoms with van der Waals surface area (Å²) < 4.78 is 0. The second-order valence-corrected chi connectivity index (χ2v) is 14.6. The van der Waals surface area contributed by atoms with Gasteiger partial charge in [0.1, 0.15) is 0 Å². The first-order valence-electron chi connectivity index (χ1n) is 18.4. The summed E-state index contributed by atoms with van der Waals surface area (Å²) in [6, 6.07) is 64.5. The lowest BCUT2D eigenvalue weighted by Gasteiger charge is -2.22. The third-order valence-corrected chi connectivity index (χ3v) is 11.0. The molecule has 0 saturated heterocycles. The van der Waals surface area contributed by atoms with Gasteiger partial charge in [-0.05, 0) is 107 Å². The van der Waals surface area contributed by atoms with Crippen LogP contribution in [0, 0.1) is 0 Å². The third kappa shape index (κ3) is 5.89. The molecule has 0 radical (unpaired) electrons. The number of rotatable bonds is 8. The van der Waals surface area contributed by atoms with Crippen molar-refractivity contribution in [3.8, 4) is 33.4 Å². The standard InChI is InChI=1S/C51H41N/c1-51(2)47-21-11-20-45(50(47)46-32-42-17-8-9-18-43(42)33-48(46)51)38-24-26-39(27-25-38)49(52-34-36-12-4-3-5-13-36)29-22-35-14-10-19-40(30-35)44-28-23-37-15-6-7-16-41(37)31-44/h3-21,23-33,52H,22,34H2,1-2H3/b49-29-. The quantitative estimate of drug-likeness (QED) is 0.170. The van der Waals surface area contributed by atoms with Gasteiger partial charge in [-0.1, -0.05) is 178 Å². The second-order valence-electron chi connectivity index (χ2n) is 14.6. The number of benzene rings is 8. The van der Waals surface area contributed by atoms with Gasteiger partial charge in [-0.3, -0.25) is 0 Å². The molecule has 1 aliphatic carbocycles. The predicted octanol–water partition coefficient (Wildman–Crippen LogP) is 13.0. The smallest absolute Gasteiger partial charge is 0.0400 e. The molecule has 0 aromatic heterocycles. The number of allylic oxidation sites excluding steroid dienone is 1. The molecule has 8 aromatic carbocycles. The van der Waals surface area contributed by atoms with E-state index in [1.54, 1.807) is 0 Å². The summed E-state index contributed by atoms with van der Waals surface area (Å²) in [5, 5.41) is 8.92. The number of hydrogen-bond acceptors (Lipinski definition) is 1. The molecular formula is C51H41N. The summed E-state index contributed by atoms with van der Waals surface area (Å²) in [7, 11) is 0. The Balaban J connectivity index is 1.05. The lowest BCUT2D eigenvalue weighted by molar-refractivity contribution is 0.661. The monoisotopic (exact) mass is 667 g/mol. The maximum Gasteiger partial charge on any atom is 0.0400 e. The number of hydrogen-bond donors (Lipinski definition) is 1. The molecule has 1 N–H and O–H groups in total. The summed E-state index contributed by atoms with van der Waals surface area (Å²) in [6.07, 6.45) is 3.17. The van der Waals surface area contributed by atoms with E-state index < -0.39 is 0 Å². The molecule has 0 amide bonds. The summed E-state index contributed by atoms with van der Waals surface area (Å²) in [5.74, 6) is 0. The van der Waals surface area contributed by atoms with E-state index in [0.717, 1.165) is 18.7 Å². The minimum Gasteiger partial charge on any atom is -0.381 e. The molecule has 1 nitrogen and oxygen atoms in total. The molecule has 8 aromatic rings. The fraction of sp³-hybridized carbons (Fsp3) is 0.0980. The van der Waals surface area contributed by atoms with Gasteiger partial charge in [-0.15, -0.1) is 0 Å². The topological polar surface area (TPSA) is 12.0 Å². The Morgan fingerprint density at radius 3 is 1.90 bits per heavy atom. The molecule has 0 heterocycles. The van der Waals surface area contributed by atoms with Crippen LogP contribution in [0.1, 0.15) is 41.7 Å². The van der Waals surface area contributed by atoms with Gasteiger partial charge in [0, 0.05) is 17.7 Å². The molecule has 0 saturated carbocycles. The normalized spacial score (nSPS) is 13.2. The summed E-state index contributed by atoms with van der Waals surface area (Å²) in [6.45, 7) is 5.50. The molecule has 0 atom stereocenters. The van der Waals surface area contributed by atoms with E-state index in [1.807, 2.05) is 0 Å². The van der Waals surface area contributed by atoms with Crippen molar-refractivity contribution in [3.05, 3.63) is 210 Å². The van der Waals surface area contributed by atoms with Crippen LogP contribution in [-0.4, -0.2) is 0 Å². The van der Waals surface area contributed by atoms with E-state index >= 15 is 0 Å². The van der Waals surface area contributed by atoms with Crippen molar-refractivity contribution in [2.45, 2.75) is 32.2 Å². The molecule has 0 aliphatic heterocycles. The molecular weight excluding hydrogens is 627 g/mol. The average Bonchev–Trinajstić information content (AvgIpc) is 3.42. The molecule has 0 bridgehead atoms. The largest absolute Gasteiger partial charge is 0.381 e. The van der Waals surface area contributed by atoms with Crippen molar-refractivity contribution in [1.29, 1.82) is 0 Å². The van der Waals surface area contributed by atoms with Crippen LogP contribution in [0.25, 0.3) is 60.6 Å². The Labute approximate surface area is 306 Å². The highest BCUT2D eigenvalue weighted by Crippen LogP contribution is 2.53. The van der Waals surface area contributed by atoms with Crippen LogP contribution in [0.4, 0.5) is 0 Å². The lowest BCUT2D eigenvalue weighted by atomic mass is 9.81. The molecule has 0 spiro atoms. The van der Waals surface area contributed by atoms with Gasteiger partial charge in [0.05, 0.1) is 0 Å². The van der Waals surface area contributed by atoms with Gasteiger partial charge in [-0.2, -0.15) is 0 Å². The maximum absolute atomic E-state index is 3.79. The Morgan fingerprint density at radius 2 is 1.12 bits per heavy atom. The molecule has 52 heavy (non-hydrogen) atoms. The fourth-order valence-corrected chi connectivity index (χ4v) is 8.09. The molecule has 9 rings (SSSR count). The van der Waals surface area contributed by atoms with E-state index in [1.165, 1.54) is 82.7 Å². The van der Waals surface area contributed by atoms with Crippen molar-refractivity contribution in [1.82, 2.24) is 5.32 Å². The van der Waals surface area contributed by atoms with Gasteiger partial charge < -0.3 is 5.32 Å². The van der Waals surface area contributed by atoms with Crippen LogP contribution in [0.2, 0.25) is 0 Å². The highest BCUT2D eigenvalue weighted by atomic mass is 14.9. The van der Waals surface area contributed by atoms with Crippen LogP contribution >= 0.6 is 0 Å². The molecule has 0 unspecified atom stereocenters. The Kier molecular flexibility index (Phi) is 8.05. The summed E-state index contributed by atoms with van der Waals surface area (Å²) >= 11 is 0. The molecule has 1 heteroatoms. The first-order chi connectivity index (χ1) is 25.5. The van der Waals surface area contributed by atoms with Crippen LogP contribution in [0.5, 0.6) is 0 Å². The maximum atomic E-state index is 3.79. The Bertz CT molecular complexity index is 2610. The van der Waals surface area contributed by atoms with E-state index in [-0.39, 0.29) is 5.41 Å². The van der Waals surface area contributed by atoms with E-state index in [2.05, 4.69) is 201 Å². The predicted molar refractivity (Wildman–Crippen MR) is 221 cm³/mol. The van der Waals surface area contributed by atoms with Gasteiger partial charge in [0.25, 0.3) is 0 Å². The molecule has 250 valence electrons. The first-order valence-corrected chi connectivity index (χ1v) is 18.4. The molecule has 0 fully saturated rings. The highest BCUT2D eigenvalue weighted by Gasteiger charge is 2.37. The van der Waals surface area contributed by atoms with E-state index in [4.69, 9.17) is 0 Å². The Hall–Kier alpha value is -6.18. The molecule has 1 aliphatic rings. The van der Waals surface area contributed by atoms with Crippen LogP contribution in [0.3, 0.4) is 0 Å². The third-order valence-electron chi connectivity index (χ3n) is 11.0. The minimum absolute atomic E-state index is 0.0620. The highest BCUT2D eigenvalue weighted by molar-refractivity contribution is 5.98. The van der Waals surface area contributed by atoms with E-state index in [0.29, 0.717) is 0 Å². The van der Waals surface area contributed by atoms with Crippen molar-refractivity contribution in [2.24, 2.45) is 0 Å². The van der Waals surface area contributed by atoms with Crippen molar-refractivity contribution >= 4 is 27.2 Å². The van der Waals surface area contributed by atoms with Crippen molar-refractivity contribution < 1.29 is 0 Å². The van der Waals surface area contributed by atoms with Crippen LogP contribution in [0.15, 0.2) is 182 Å². The minimum atomic E-state index is -0.0620. The summed E-state index contributed by atoms with van der Waals surface area (Å²) in [4.78, 5) is 0. The lowest BCUT2D eigenvalue weighted by Crippen LogP contribution is -2.14. The SMILES string of the molecule is CC1(C)c2cc3ccccc3cc2-c2c(-c3ccc(/C(=C/Cc4cccc(-c5ccc6ccccc6c5)c4)NCc4ccccc4)cc3)cccc21. The van der Waals surface area contributed by atoms with Crippen LogP contribution < -0.4 is 5.32 Å².